The summed E-state index contributed by atoms with van der Waals surface area (Å²) in [6, 6.07) is 5.54. The predicted molar refractivity (Wildman–Crippen MR) is 60.3 cm³/mol. The summed E-state index contributed by atoms with van der Waals surface area (Å²) in [6.45, 7) is 5.30. The molecule has 0 bridgehead atoms. The molecule has 1 aromatic carbocycles. The zero-order valence-electron chi connectivity index (χ0n) is 9.39. The molecular weight excluding hydrogens is 189 g/mol. The summed E-state index contributed by atoms with van der Waals surface area (Å²) < 4.78 is 13.0. The van der Waals surface area contributed by atoms with Crippen LogP contribution in [0.5, 0.6) is 0 Å². The third-order valence-corrected chi connectivity index (χ3v) is 3.44. The summed E-state index contributed by atoms with van der Waals surface area (Å²) in [7, 11) is 0. The fourth-order valence-corrected chi connectivity index (χ4v) is 2.55. The van der Waals surface area contributed by atoms with Crippen molar-refractivity contribution in [2.75, 3.05) is 6.54 Å². The molecule has 2 unspecified atom stereocenters. The van der Waals surface area contributed by atoms with Crippen LogP contribution >= 0.6 is 0 Å². The molecular formula is C13H18FN. The minimum absolute atomic E-state index is 0.137. The van der Waals surface area contributed by atoms with Gasteiger partial charge in [-0.15, -0.1) is 0 Å². The Balaban J connectivity index is 2.28. The molecule has 2 rings (SSSR count). The fourth-order valence-electron chi connectivity index (χ4n) is 2.55. The molecule has 1 fully saturated rings. The summed E-state index contributed by atoms with van der Waals surface area (Å²) >= 11 is 0. The molecule has 0 aliphatic carbocycles. The molecule has 15 heavy (non-hydrogen) atoms. The average molecular weight is 207 g/mol. The zero-order chi connectivity index (χ0) is 10.8. The highest BCUT2D eigenvalue weighted by Crippen LogP contribution is 2.33. The summed E-state index contributed by atoms with van der Waals surface area (Å²) in [5, 5.41) is 3.51. The SMILES string of the molecule is CCC1CCNC1c1ccc(F)cc1C. The maximum absolute atomic E-state index is 13.0. The highest BCUT2D eigenvalue weighted by Gasteiger charge is 2.27. The van der Waals surface area contributed by atoms with Crippen LogP contribution in [0.4, 0.5) is 4.39 Å². The number of aryl methyl sites for hydroxylation is 1. The van der Waals surface area contributed by atoms with Crippen LogP contribution in [0.3, 0.4) is 0 Å². The highest BCUT2D eigenvalue weighted by molar-refractivity contribution is 5.30. The largest absolute Gasteiger partial charge is 0.310 e. The van der Waals surface area contributed by atoms with Crippen LogP contribution in [0.2, 0.25) is 0 Å². The normalized spacial score (nSPS) is 25.8. The summed E-state index contributed by atoms with van der Waals surface area (Å²) in [4.78, 5) is 0. The molecule has 1 aliphatic rings. The van der Waals surface area contributed by atoms with Crippen LogP contribution in [0.15, 0.2) is 18.2 Å². The lowest BCUT2D eigenvalue weighted by atomic mass is 9.90. The molecule has 1 aliphatic heterocycles. The van der Waals surface area contributed by atoms with Gasteiger partial charge in [-0.05, 0) is 49.1 Å². The summed E-state index contributed by atoms with van der Waals surface area (Å²) in [5.41, 5.74) is 2.33. The maximum Gasteiger partial charge on any atom is 0.123 e. The number of nitrogens with one attached hydrogen (secondary N) is 1. The van der Waals surface area contributed by atoms with Gasteiger partial charge in [0.15, 0.2) is 0 Å². The van der Waals surface area contributed by atoms with Gasteiger partial charge in [-0.3, -0.25) is 0 Å². The topological polar surface area (TPSA) is 12.0 Å². The van der Waals surface area contributed by atoms with Crippen molar-refractivity contribution < 1.29 is 4.39 Å². The average Bonchev–Trinajstić information content (AvgIpc) is 2.65. The lowest BCUT2D eigenvalue weighted by Crippen LogP contribution is -2.18. The van der Waals surface area contributed by atoms with Gasteiger partial charge in [0.05, 0.1) is 0 Å². The van der Waals surface area contributed by atoms with Crippen molar-refractivity contribution in [3.05, 3.63) is 35.1 Å². The minimum Gasteiger partial charge on any atom is -0.310 e. The van der Waals surface area contributed by atoms with Gasteiger partial charge in [-0.1, -0.05) is 19.4 Å². The number of benzene rings is 1. The number of hydrogen-bond acceptors (Lipinski definition) is 1. The molecule has 2 atom stereocenters. The molecule has 1 N–H and O–H groups in total. The lowest BCUT2D eigenvalue weighted by Gasteiger charge is -2.20. The summed E-state index contributed by atoms with van der Waals surface area (Å²) in [6.07, 6.45) is 2.42. The maximum atomic E-state index is 13.0. The van der Waals surface area contributed by atoms with E-state index in [2.05, 4.69) is 12.2 Å². The lowest BCUT2D eigenvalue weighted by molar-refractivity contribution is 0.447. The Morgan fingerprint density at radius 1 is 1.47 bits per heavy atom. The van der Waals surface area contributed by atoms with Crippen molar-refractivity contribution in [3.8, 4) is 0 Å². The van der Waals surface area contributed by atoms with Crippen LogP contribution in [0.1, 0.15) is 36.9 Å². The van der Waals surface area contributed by atoms with Gasteiger partial charge in [0, 0.05) is 6.04 Å². The van der Waals surface area contributed by atoms with Gasteiger partial charge in [0.2, 0.25) is 0 Å². The monoisotopic (exact) mass is 207 g/mol. The van der Waals surface area contributed by atoms with E-state index in [4.69, 9.17) is 0 Å². The first-order valence-corrected chi connectivity index (χ1v) is 5.71. The Morgan fingerprint density at radius 2 is 2.27 bits per heavy atom. The second-order valence-corrected chi connectivity index (χ2v) is 4.39. The number of halogens is 1. The van der Waals surface area contributed by atoms with E-state index >= 15 is 0 Å². The van der Waals surface area contributed by atoms with E-state index in [1.165, 1.54) is 18.4 Å². The molecule has 0 radical (unpaired) electrons. The van der Waals surface area contributed by atoms with Crippen LogP contribution in [0, 0.1) is 18.7 Å². The van der Waals surface area contributed by atoms with Gasteiger partial charge in [0.25, 0.3) is 0 Å². The first kappa shape index (κ1) is 10.6. The molecule has 0 saturated carbocycles. The second kappa shape index (κ2) is 4.31. The first-order valence-electron chi connectivity index (χ1n) is 5.71. The van der Waals surface area contributed by atoms with E-state index in [0.29, 0.717) is 12.0 Å². The number of rotatable bonds is 2. The predicted octanol–water partition coefficient (Wildman–Crippen LogP) is 3.19. The van der Waals surface area contributed by atoms with Crippen LogP contribution in [0.25, 0.3) is 0 Å². The highest BCUT2D eigenvalue weighted by atomic mass is 19.1. The molecule has 1 nitrogen and oxygen atoms in total. The van der Waals surface area contributed by atoms with Crippen LogP contribution < -0.4 is 5.32 Å². The number of hydrogen-bond donors (Lipinski definition) is 1. The second-order valence-electron chi connectivity index (χ2n) is 4.39. The van der Waals surface area contributed by atoms with Crippen molar-refractivity contribution in [2.45, 2.75) is 32.7 Å². The third-order valence-electron chi connectivity index (χ3n) is 3.44. The Bertz CT molecular complexity index is 348. The molecule has 1 saturated heterocycles. The molecule has 1 heterocycles. The van der Waals surface area contributed by atoms with Crippen LogP contribution in [-0.2, 0) is 0 Å². The van der Waals surface area contributed by atoms with Crippen molar-refractivity contribution in [3.63, 3.8) is 0 Å². The third kappa shape index (κ3) is 2.05. The molecule has 0 spiro atoms. The Labute approximate surface area is 90.7 Å². The zero-order valence-corrected chi connectivity index (χ0v) is 9.39. The van der Waals surface area contributed by atoms with Crippen LogP contribution in [-0.4, -0.2) is 6.54 Å². The van der Waals surface area contributed by atoms with Crippen molar-refractivity contribution in [2.24, 2.45) is 5.92 Å². The first-order chi connectivity index (χ1) is 7.22. The Kier molecular flexibility index (Phi) is 3.06. The Morgan fingerprint density at radius 3 is 2.93 bits per heavy atom. The van der Waals surface area contributed by atoms with Gasteiger partial charge in [-0.2, -0.15) is 0 Å². The molecule has 2 heteroatoms. The standard InChI is InChI=1S/C13H18FN/c1-3-10-6-7-15-13(10)12-5-4-11(14)8-9(12)2/h4-5,8,10,13,15H,3,6-7H2,1-2H3. The molecule has 0 amide bonds. The van der Waals surface area contributed by atoms with Gasteiger partial charge in [-0.25, -0.2) is 4.39 Å². The van der Waals surface area contributed by atoms with Gasteiger partial charge in [0.1, 0.15) is 5.82 Å². The van der Waals surface area contributed by atoms with Gasteiger partial charge >= 0.3 is 0 Å². The van der Waals surface area contributed by atoms with Gasteiger partial charge < -0.3 is 5.32 Å². The van der Waals surface area contributed by atoms with E-state index in [0.717, 1.165) is 12.1 Å². The Hall–Kier alpha value is -0.890. The van der Waals surface area contributed by atoms with E-state index in [1.807, 2.05) is 13.0 Å². The smallest absolute Gasteiger partial charge is 0.123 e. The van der Waals surface area contributed by atoms with E-state index in [1.54, 1.807) is 12.1 Å². The van der Waals surface area contributed by atoms with E-state index in [-0.39, 0.29) is 5.82 Å². The molecule has 82 valence electrons. The fraction of sp³-hybridized carbons (Fsp3) is 0.538. The molecule has 1 aromatic rings. The summed E-state index contributed by atoms with van der Waals surface area (Å²) in [5.74, 6) is 0.566. The minimum atomic E-state index is -0.137. The van der Waals surface area contributed by atoms with Crippen molar-refractivity contribution in [1.29, 1.82) is 0 Å². The van der Waals surface area contributed by atoms with E-state index in [9.17, 15) is 4.39 Å². The van der Waals surface area contributed by atoms with E-state index < -0.39 is 0 Å². The molecule has 0 aromatic heterocycles. The quantitative estimate of drug-likeness (QED) is 0.785. The van der Waals surface area contributed by atoms with Crippen molar-refractivity contribution >= 4 is 0 Å². The van der Waals surface area contributed by atoms with Crippen molar-refractivity contribution in [1.82, 2.24) is 5.32 Å².